The predicted octanol–water partition coefficient (Wildman–Crippen LogP) is 3.96. The molecule has 1 aliphatic rings. The van der Waals surface area contributed by atoms with Gasteiger partial charge in [0.1, 0.15) is 0 Å². The number of aryl methyl sites for hydroxylation is 2. The van der Waals surface area contributed by atoms with E-state index in [-0.39, 0.29) is 0 Å². The van der Waals surface area contributed by atoms with E-state index >= 15 is 0 Å². The third-order valence-corrected chi connectivity index (χ3v) is 3.36. The van der Waals surface area contributed by atoms with Gasteiger partial charge in [0.2, 0.25) is 0 Å². The van der Waals surface area contributed by atoms with Crippen LogP contribution in [0.15, 0.2) is 18.2 Å². The molecule has 0 aromatic heterocycles. The number of benzene rings is 1. The van der Waals surface area contributed by atoms with Crippen LogP contribution in [0, 0.1) is 13.8 Å². The quantitative estimate of drug-likeness (QED) is 0.604. The van der Waals surface area contributed by atoms with Crippen LogP contribution in [0.2, 0.25) is 0 Å². The Balaban J connectivity index is 2.25. The second-order valence-corrected chi connectivity index (χ2v) is 4.33. The zero-order valence-corrected chi connectivity index (χ0v) is 8.64. The van der Waals surface area contributed by atoms with E-state index in [1.807, 2.05) is 0 Å². The molecule has 0 amide bonds. The van der Waals surface area contributed by atoms with Crippen LogP contribution in [-0.4, -0.2) is 0 Å². The summed E-state index contributed by atoms with van der Waals surface area (Å²) in [7, 11) is 0. The highest BCUT2D eigenvalue weighted by atomic mass is 14.2. The Hall–Kier alpha value is -0.780. The third-order valence-electron chi connectivity index (χ3n) is 3.36. The Morgan fingerprint density at radius 2 is 1.69 bits per heavy atom. The van der Waals surface area contributed by atoms with Crippen LogP contribution in [-0.2, 0) is 0 Å². The molecule has 1 aliphatic carbocycles. The molecule has 1 fully saturated rings. The molecular weight excluding hydrogens is 156 g/mol. The summed E-state index contributed by atoms with van der Waals surface area (Å²) in [6.45, 7) is 4.40. The molecule has 0 unspecified atom stereocenters. The highest BCUT2D eigenvalue weighted by molar-refractivity contribution is 5.32. The van der Waals surface area contributed by atoms with Crippen LogP contribution in [0.25, 0.3) is 0 Å². The molecule has 2 rings (SSSR count). The van der Waals surface area contributed by atoms with E-state index in [9.17, 15) is 0 Å². The number of hydrogen-bond donors (Lipinski definition) is 0. The monoisotopic (exact) mass is 174 g/mol. The zero-order valence-electron chi connectivity index (χ0n) is 8.64. The van der Waals surface area contributed by atoms with Crippen molar-refractivity contribution in [3.05, 3.63) is 34.9 Å². The summed E-state index contributed by atoms with van der Waals surface area (Å²) in [5.74, 6) is 0.860. The molecule has 1 aromatic rings. The molecule has 0 saturated heterocycles. The second-order valence-electron chi connectivity index (χ2n) is 4.33. The Morgan fingerprint density at radius 3 is 2.31 bits per heavy atom. The third kappa shape index (κ3) is 1.77. The fraction of sp³-hybridized carbons (Fsp3) is 0.538. The average Bonchev–Trinajstić information content (AvgIpc) is 2.62. The van der Waals surface area contributed by atoms with Crippen molar-refractivity contribution in [3.63, 3.8) is 0 Å². The van der Waals surface area contributed by atoms with Crippen molar-refractivity contribution in [2.24, 2.45) is 0 Å². The minimum Gasteiger partial charge on any atom is -0.0588 e. The van der Waals surface area contributed by atoms with Crippen molar-refractivity contribution in [1.29, 1.82) is 0 Å². The maximum absolute atomic E-state index is 2.38. The molecular formula is C13H18. The van der Waals surface area contributed by atoms with Crippen LogP contribution < -0.4 is 0 Å². The van der Waals surface area contributed by atoms with Gasteiger partial charge in [-0.15, -0.1) is 0 Å². The molecule has 13 heavy (non-hydrogen) atoms. The first-order valence-corrected chi connectivity index (χ1v) is 5.34. The van der Waals surface area contributed by atoms with Gasteiger partial charge in [-0.05, 0) is 49.3 Å². The SMILES string of the molecule is Cc1ccc(C2CCCC2)cc1C. The van der Waals surface area contributed by atoms with Gasteiger partial charge in [0.25, 0.3) is 0 Å². The second kappa shape index (κ2) is 3.53. The van der Waals surface area contributed by atoms with Gasteiger partial charge in [0.15, 0.2) is 0 Å². The lowest BCUT2D eigenvalue weighted by atomic mass is 9.94. The van der Waals surface area contributed by atoms with E-state index in [0.717, 1.165) is 5.92 Å². The molecule has 0 nitrogen and oxygen atoms in total. The lowest BCUT2D eigenvalue weighted by molar-refractivity contribution is 0.722. The smallest absolute Gasteiger partial charge is 0.0162 e. The predicted molar refractivity (Wildman–Crippen MR) is 57.1 cm³/mol. The van der Waals surface area contributed by atoms with Gasteiger partial charge >= 0.3 is 0 Å². The van der Waals surface area contributed by atoms with Crippen molar-refractivity contribution in [1.82, 2.24) is 0 Å². The molecule has 0 bridgehead atoms. The Kier molecular flexibility index (Phi) is 2.39. The van der Waals surface area contributed by atoms with Crippen molar-refractivity contribution >= 4 is 0 Å². The summed E-state index contributed by atoms with van der Waals surface area (Å²) < 4.78 is 0. The average molecular weight is 174 g/mol. The van der Waals surface area contributed by atoms with Gasteiger partial charge in [-0.3, -0.25) is 0 Å². The van der Waals surface area contributed by atoms with E-state index in [1.54, 1.807) is 5.56 Å². The molecule has 0 spiro atoms. The van der Waals surface area contributed by atoms with Gasteiger partial charge in [0.05, 0.1) is 0 Å². The van der Waals surface area contributed by atoms with Crippen LogP contribution in [0.5, 0.6) is 0 Å². The fourth-order valence-electron chi connectivity index (χ4n) is 2.28. The Bertz CT molecular complexity index is 293. The molecule has 1 aromatic carbocycles. The summed E-state index contributed by atoms with van der Waals surface area (Å²) in [5.41, 5.74) is 4.44. The maximum Gasteiger partial charge on any atom is -0.0162 e. The molecule has 70 valence electrons. The minimum absolute atomic E-state index is 0.860. The standard InChI is InChI=1S/C13H18/c1-10-7-8-13(9-11(10)2)12-5-3-4-6-12/h7-9,12H,3-6H2,1-2H3. The van der Waals surface area contributed by atoms with Crippen LogP contribution in [0.3, 0.4) is 0 Å². The van der Waals surface area contributed by atoms with Gasteiger partial charge in [-0.1, -0.05) is 31.0 Å². The minimum atomic E-state index is 0.860. The van der Waals surface area contributed by atoms with E-state index in [2.05, 4.69) is 32.0 Å². The van der Waals surface area contributed by atoms with Gasteiger partial charge < -0.3 is 0 Å². The molecule has 0 N–H and O–H groups in total. The fourth-order valence-corrected chi connectivity index (χ4v) is 2.28. The Labute approximate surface area is 81.0 Å². The topological polar surface area (TPSA) is 0 Å². The van der Waals surface area contributed by atoms with Crippen LogP contribution >= 0.6 is 0 Å². The Morgan fingerprint density at radius 1 is 1.00 bits per heavy atom. The molecule has 0 aliphatic heterocycles. The largest absolute Gasteiger partial charge is 0.0588 e. The molecule has 0 radical (unpaired) electrons. The summed E-state index contributed by atoms with van der Waals surface area (Å²) in [5, 5.41) is 0. The first-order chi connectivity index (χ1) is 6.27. The lowest BCUT2D eigenvalue weighted by Crippen LogP contribution is -1.93. The first-order valence-electron chi connectivity index (χ1n) is 5.34. The first kappa shape index (κ1) is 8.80. The highest BCUT2D eigenvalue weighted by Crippen LogP contribution is 2.34. The van der Waals surface area contributed by atoms with Crippen molar-refractivity contribution < 1.29 is 0 Å². The molecule has 0 atom stereocenters. The summed E-state index contributed by atoms with van der Waals surface area (Å²) >= 11 is 0. The van der Waals surface area contributed by atoms with Crippen molar-refractivity contribution in [2.75, 3.05) is 0 Å². The zero-order chi connectivity index (χ0) is 9.26. The number of hydrogen-bond acceptors (Lipinski definition) is 0. The van der Waals surface area contributed by atoms with Crippen LogP contribution in [0.4, 0.5) is 0 Å². The number of rotatable bonds is 1. The van der Waals surface area contributed by atoms with Crippen molar-refractivity contribution in [3.8, 4) is 0 Å². The maximum atomic E-state index is 2.38. The summed E-state index contributed by atoms with van der Waals surface area (Å²) in [6.07, 6.45) is 5.67. The molecule has 0 heterocycles. The van der Waals surface area contributed by atoms with E-state index < -0.39 is 0 Å². The van der Waals surface area contributed by atoms with E-state index in [4.69, 9.17) is 0 Å². The normalized spacial score (nSPS) is 18.0. The van der Waals surface area contributed by atoms with E-state index in [1.165, 1.54) is 36.8 Å². The van der Waals surface area contributed by atoms with Gasteiger partial charge in [0, 0.05) is 0 Å². The lowest BCUT2D eigenvalue weighted by Gasteiger charge is -2.11. The van der Waals surface area contributed by atoms with E-state index in [0.29, 0.717) is 0 Å². The summed E-state index contributed by atoms with van der Waals surface area (Å²) in [4.78, 5) is 0. The highest BCUT2D eigenvalue weighted by Gasteiger charge is 2.16. The van der Waals surface area contributed by atoms with Crippen molar-refractivity contribution in [2.45, 2.75) is 45.4 Å². The molecule has 0 heteroatoms. The van der Waals surface area contributed by atoms with Gasteiger partial charge in [-0.2, -0.15) is 0 Å². The molecule has 1 saturated carbocycles. The summed E-state index contributed by atoms with van der Waals surface area (Å²) in [6, 6.07) is 6.96. The van der Waals surface area contributed by atoms with Gasteiger partial charge in [-0.25, -0.2) is 0 Å². The van der Waals surface area contributed by atoms with Crippen LogP contribution in [0.1, 0.15) is 48.3 Å².